The van der Waals surface area contributed by atoms with E-state index in [-0.39, 0.29) is 14.5 Å². The molecular formula is C25H36N6. The molecule has 2 aliphatic carbocycles. The molecule has 6 nitrogen and oxygen atoms in total. The van der Waals surface area contributed by atoms with E-state index in [0.717, 1.165) is 23.5 Å². The molecule has 0 aliphatic heterocycles. The molecule has 1 fully saturated rings. The molecule has 1 saturated carbocycles. The Labute approximate surface area is 188 Å². The summed E-state index contributed by atoms with van der Waals surface area (Å²) in [4.78, 5) is 9.03. The molecule has 5 N–H and O–H groups in total. The summed E-state index contributed by atoms with van der Waals surface area (Å²) in [7, 11) is 0. The zero-order chi connectivity index (χ0) is 21.7. The minimum Gasteiger partial charge on any atom is -0.345 e. The van der Waals surface area contributed by atoms with E-state index in [2.05, 4.69) is 64.8 Å². The Morgan fingerprint density at radius 1 is 1.26 bits per heavy atom. The van der Waals surface area contributed by atoms with Crippen LogP contribution in [0.2, 0.25) is 0 Å². The van der Waals surface area contributed by atoms with Crippen molar-refractivity contribution in [2.75, 3.05) is 10.6 Å². The summed E-state index contributed by atoms with van der Waals surface area (Å²) in [5, 5.41) is 15.9. The zero-order valence-electron chi connectivity index (χ0n) is 19.0. The van der Waals surface area contributed by atoms with Crippen molar-refractivity contribution < 1.29 is 2.85 Å². The lowest BCUT2D eigenvalue weighted by Gasteiger charge is -2.18. The Morgan fingerprint density at radius 3 is 2.58 bits per heavy atom. The largest absolute Gasteiger partial charge is 0.345 e. The van der Waals surface area contributed by atoms with Crippen LogP contribution in [0.4, 0.5) is 17.5 Å². The first kappa shape index (κ1) is 23.8. The van der Waals surface area contributed by atoms with Gasteiger partial charge < -0.3 is 16.8 Å². The quantitative estimate of drug-likeness (QED) is 0.494. The first-order chi connectivity index (χ1) is 14.5. The highest BCUT2D eigenvalue weighted by Gasteiger charge is 2.53. The van der Waals surface area contributed by atoms with E-state index in [9.17, 15) is 0 Å². The van der Waals surface area contributed by atoms with Gasteiger partial charge in [0.25, 0.3) is 0 Å². The van der Waals surface area contributed by atoms with Crippen LogP contribution in [-0.4, -0.2) is 15.5 Å². The lowest BCUT2D eigenvalue weighted by Crippen LogP contribution is -2.24. The molecule has 31 heavy (non-hydrogen) atoms. The van der Waals surface area contributed by atoms with Crippen molar-refractivity contribution in [1.82, 2.24) is 16.1 Å². The number of nitrogens with zero attached hydrogens (tertiary/aromatic N) is 3. The van der Waals surface area contributed by atoms with Crippen molar-refractivity contribution >= 4 is 23.5 Å². The predicted molar refractivity (Wildman–Crippen MR) is 134 cm³/mol. The van der Waals surface area contributed by atoms with Crippen molar-refractivity contribution in [2.24, 2.45) is 5.92 Å². The molecule has 2 aliphatic rings. The number of allylic oxidation sites excluding steroid dienone is 3. The predicted octanol–water partition coefficient (Wildman–Crippen LogP) is 6.74. The molecule has 1 aromatic carbocycles. The average molecular weight is 421 g/mol. The first-order valence-corrected chi connectivity index (χ1v) is 10.5. The van der Waals surface area contributed by atoms with E-state index in [1.54, 1.807) is 6.20 Å². The van der Waals surface area contributed by atoms with Crippen molar-refractivity contribution in [2.45, 2.75) is 46.6 Å². The van der Waals surface area contributed by atoms with Crippen molar-refractivity contribution in [3.05, 3.63) is 71.0 Å². The number of nitrogens with one attached hydrogen (secondary N) is 2. The van der Waals surface area contributed by atoms with Gasteiger partial charge in [-0.05, 0) is 68.2 Å². The van der Waals surface area contributed by atoms with E-state index >= 15 is 0 Å². The van der Waals surface area contributed by atoms with Crippen LogP contribution in [0, 0.1) is 31.1 Å². The van der Waals surface area contributed by atoms with E-state index in [4.69, 9.17) is 5.26 Å². The number of rotatable bonds is 5. The Hall–Kier alpha value is -3.43. The zero-order valence-corrected chi connectivity index (χ0v) is 19.0. The van der Waals surface area contributed by atoms with Gasteiger partial charge in [0.1, 0.15) is 5.82 Å². The topological polar surface area (TPSA) is 109 Å². The number of hydrogen-bond acceptors (Lipinski definition) is 6. The van der Waals surface area contributed by atoms with Crippen LogP contribution in [0.25, 0.3) is 6.08 Å². The third-order valence-corrected chi connectivity index (χ3v) is 5.30. The van der Waals surface area contributed by atoms with Gasteiger partial charge in [0.05, 0.1) is 11.6 Å². The molecule has 2 aromatic rings. The maximum atomic E-state index is 9.04. The second kappa shape index (κ2) is 10.1. The molecule has 166 valence electrons. The summed E-state index contributed by atoms with van der Waals surface area (Å²) in [6.07, 6.45) is 12.8. The van der Waals surface area contributed by atoms with E-state index in [1.165, 1.54) is 16.7 Å². The van der Waals surface area contributed by atoms with Crippen LogP contribution in [0.3, 0.4) is 0 Å². The molecule has 1 heterocycles. The van der Waals surface area contributed by atoms with Crippen LogP contribution < -0.4 is 16.8 Å². The van der Waals surface area contributed by atoms with E-state index in [0.29, 0.717) is 11.9 Å². The summed E-state index contributed by atoms with van der Waals surface area (Å²) < 4.78 is 0. The summed E-state index contributed by atoms with van der Waals surface area (Å²) >= 11 is 0. The first-order valence-electron chi connectivity index (χ1n) is 10.5. The highest BCUT2D eigenvalue weighted by molar-refractivity contribution is 5.68. The number of benzene rings is 1. The number of anilines is 3. The van der Waals surface area contributed by atoms with Crippen LogP contribution in [0.1, 0.15) is 46.7 Å². The maximum Gasteiger partial charge on any atom is 0.225 e. The highest BCUT2D eigenvalue weighted by atomic mass is 15.2. The summed E-state index contributed by atoms with van der Waals surface area (Å²) in [5.74, 6) is 1.67. The molecule has 0 bridgehead atoms. The van der Waals surface area contributed by atoms with Gasteiger partial charge >= 0.3 is 0 Å². The minimum atomic E-state index is -0.154. The van der Waals surface area contributed by atoms with Gasteiger partial charge in [-0.2, -0.15) is 10.2 Å². The maximum absolute atomic E-state index is 9.04. The Balaban J connectivity index is 0.00000199. The lowest BCUT2D eigenvalue weighted by molar-refractivity contribution is 0.831. The number of fused-ring (bicyclic) bond motifs is 1. The SMILES string of the molecule is C/C=C/c1cc(C)c(Nc2ccnc(NC34C=CC(C#N)=CC3C4)n2)c(C)c1.CC.N.[HH].[HH]. The van der Waals surface area contributed by atoms with E-state index < -0.39 is 0 Å². The van der Waals surface area contributed by atoms with Gasteiger partial charge in [0.2, 0.25) is 5.95 Å². The summed E-state index contributed by atoms with van der Waals surface area (Å²) in [5.41, 5.74) is 5.18. The van der Waals surface area contributed by atoms with Gasteiger partial charge in [0.15, 0.2) is 0 Å². The van der Waals surface area contributed by atoms with Gasteiger partial charge in [-0.1, -0.05) is 38.2 Å². The van der Waals surface area contributed by atoms with Crippen molar-refractivity contribution in [3.63, 3.8) is 0 Å². The third-order valence-electron chi connectivity index (χ3n) is 5.30. The van der Waals surface area contributed by atoms with Crippen molar-refractivity contribution in [3.8, 4) is 6.07 Å². The van der Waals surface area contributed by atoms with Crippen LogP contribution in [0.5, 0.6) is 0 Å². The van der Waals surface area contributed by atoms with Crippen LogP contribution >= 0.6 is 0 Å². The standard InChI is InChI=1S/C23H23N5.C2H6.H3N.2H2/c1-4-5-17-10-15(2)21(16(3)11-17)26-20-7-9-25-22(27-20)28-23-8-6-18(14-24)12-19(23)13-23;1-2;;;/h4-12,19H,13H2,1-3H3,(H2,25,26,27,28);1-2H3;1H3;2*1H/b5-4+;;;;. The Kier molecular flexibility index (Phi) is 7.73. The second-order valence-corrected chi connectivity index (χ2v) is 7.46. The fraction of sp³-hybridized carbons (Fsp3) is 0.320. The molecule has 0 saturated heterocycles. The molecule has 6 heteroatoms. The Bertz CT molecular complexity index is 1050. The molecule has 2 atom stereocenters. The second-order valence-electron chi connectivity index (χ2n) is 7.46. The number of nitriles is 1. The van der Waals surface area contributed by atoms with Crippen LogP contribution in [-0.2, 0) is 0 Å². The molecule has 2 unspecified atom stereocenters. The molecule has 1 aromatic heterocycles. The molecule has 0 amide bonds. The van der Waals surface area contributed by atoms with Gasteiger partial charge in [-0.15, -0.1) is 0 Å². The normalized spacial score (nSPS) is 20.4. The lowest BCUT2D eigenvalue weighted by atomic mass is 10.0. The fourth-order valence-electron chi connectivity index (χ4n) is 3.78. The molecular weight excluding hydrogens is 384 g/mol. The highest BCUT2D eigenvalue weighted by Crippen LogP contribution is 2.50. The molecule has 0 spiro atoms. The summed E-state index contributed by atoms with van der Waals surface area (Å²) in [6, 6.07) is 8.40. The van der Waals surface area contributed by atoms with Gasteiger partial charge in [-0.3, -0.25) is 0 Å². The smallest absolute Gasteiger partial charge is 0.225 e. The number of aryl methyl sites for hydroxylation is 2. The fourth-order valence-corrected chi connectivity index (χ4v) is 3.78. The van der Waals surface area contributed by atoms with Crippen LogP contribution in [0.15, 0.2) is 54.3 Å². The van der Waals surface area contributed by atoms with Crippen molar-refractivity contribution in [1.29, 1.82) is 5.26 Å². The average Bonchev–Trinajstić information content (AvgIpc) is 3.45. The monoisotopic (exact) mass is 420 g/mol. The molecule has 4 rings (SSSR count). The third kappa shape index (κ3) is 5.19. The number of hydrogen-bond donors (Lipinski definition) is 3. The summed E-state index contributed by atoms with van der Waals surface area (Å²) in [6.45, 7) is 10.2. The minimum absolute atomic E-state index is 0. The van der Waals surface area contributed by atoms with Gasteiger partial charge in [-0.25, -0.2) is 4.98 Å². The number of aromatic nitrogens is 2. The van der Waals surface area contributed by atoms with Gasteiger partial charge in [0, 0.05) is 26.2 Å². The Morgan fingerprint density at radius 2 is 1.97 bits per heavy atom. The van der Waals surface area contributed by atoms with E-state index in [1.807, 2.05) is 45.1 Å². The molecule has 0 radical (unpaired) electrons.